The van der Waals surface area contributed by atoms with Crippen LogP contribution in [0.4, 0.5) is 0 Å². The highest BCUT2D eigenvalue weighted by Gasteiger charge is 2.23. The summed E-state index contributed by atoms with van der Waals surface area (Å²) in [5.74, 6) is 0.967. The Hall–Kier alpha value is -2.50. The van der Waals surface area contributed by atoms with E-state index in [2.05, 4.69) is 10.4 Å². The predicted molar refractivity (Wildman–Crippen MR) is 81.1 cm³/mol. The number of hydrogen-bond donors (Lipinski definition) is 1. The maximum absolute atomic E-state index is 12.6. The first-order chi connectivity index (χ1) is 10.7. The van der Waals surface area contributed by atoms with E-state index < -0.39 is 0 Å². The number of rotatable bonds is 4. The van der Waals surface area contributed by atoms with Crippen molar-refractivity contribution in [3.63, 3.8) is 0 Å². The van der Waals surface area contributed by atoms with Crippen molar-refractivity contribution in [3.05, 3.63) is 41.7 Å². The third kappa shape index (κ3) is 2.64. The summed E-state index contributed by atoms with van der Waals surface area (Å²) >= 11 is 0. The van der Waals surface area contributed by atoms with Gasteiger partial charge < -0.3 is 14.8 Å². The highest BCUT2D eigenvalue weighted by molar-refractivity contribution is 5.98. The minimum atomic E-state index is -0.171. The summed E-state index contributed by atoms with van der Waals surface area (Å²) < 4.78 is 12.9. The number of amides is 1. The second kappa shape index (κ2) is 6.09. The molecule has 0 spiro atoms. The lowest BCUT2D eigenvalue weighted by Gasteiger charge is -2.22. The molecule has 1 aromatic heterocycles. The Bertz CT molecular complexity index is 681. The molecule has 0 saturated heterocycles. The summed E-state index contributed by atoms with van der Waals surface area (Å²) in [6.07, 6.45) is 2.50. The number of carbonyl (C=O) groups is 1. The molecule has 0 fully saturated rings. The molecule has 0 saturated carbocycles. The van der Waals surface area contributed by atoms with E-state index in [9.17, 15) is 4.79 Å². The van der Waals surface area contributed by atoms with Gasteiger partial charge in [-0.25, -0.2) is 0 Å². The number of aryl methyl sites for hydroxylation is 1. The van der Waals surface area contributed by atoms with Crippen LogP contribution in [-0.2, 0) is 7.05 Å². The SMILES string of the molecule is CC[C@H](NC(=O)c1cccc2c1OCCO2)c1ccnn1C. The molecule has 22 heavy (non-hydrogen) atoms. The largest absolute Gasteiger partial charge is 0.486 e. The van der Waals surface area contributed by atoms with Gasteiger partial charge in [-0.1, -0.05) is 13.0 Å². The van der Waals surface area contributed by atoms with E-state index in [1.54, 1.807) is 23.0 Å². The van der Waals surface area contributed by atoms with Crippen LogP contribution < -0.4 is 14.8 Å². The van der Waals surface area contributed by atoms with Gasteiger partial charge in [-0.2, -0.15) is 5.10 Å². The number of nitrogens with zero attached hydrogens (tertiary/aromatic N) is 2. The zero-order chi connectivity index (χ0) is 15.5. The van der Waals surface area contributed by atoms with Crippen LogP contribution in [0.2, 0.25) is 0 Å². The molecule has 0 unspecified atom stereocenters. The Morgan fingerprint density at radius 2 is 2.18 bits per heavy atom. The van der Waals surface area contributed by atoms with Gasteiger partial charge in [0.25, 0.3) is 5.91 Å². The number of ether oxygens (including phenoxy) is 2. The van der Waals surface area contributed by atoms with E-state index in [1.807, 2.05) is 26.1 Å². The lowest BCUT2D eigenvalue weighted by Crippen LogP contribution is -2.30. The Balaban J connectivity index is 1.84. The van der Waals surface area contributed by atoms with Gasteiger partial charge in [-0.3, -0.25) is 9.48 Å². The standard InChI is InChI=1S/C16H19N3O3/c1-3-12(13-7-8-17-19(13)2)18-16(20)11-5-4-6-14-15(11)22-10-9-21-14/h4-8,12H,3,9-10H2,1-2H3,(H,18,20)/t12-/m0/s1. The third-order valence-corrected chi connectivity index (χ3v) is 3.74. The fraction of sp³-hybridized carbons (Fsp3) is 0.375. The highest BCUT2D eigenvalue weighted by Crippen LogP contribution is 2.33. The molecule has 0 aliphatic carbocycles. The molecule has 1 amide bonds. The summed E-state index contributed by atoms with van der Waals surface area (Å²) in [4.78, 5) is 12.6. The Kier molecular flexibility index (Phi) is 4.00. The Morgan fingerprint density at radius 3 is 2.91 bits per heavy atom. The van der Waals surface area contributed by atoms with Gasteiger partial charge in [0.2, 0.25) is 0 Å². The average molecular weight is 301 g/mol. The van der Waals surface area contributed by atoms with E-state index in [4.69, 9.17) is 9.47 Å². The molecule has 2 aromatic rings. The monoisotopic (exact) mass is 301 g/mol. The topological polar surface area (TPSA) is 65.4 Å². The molecule has 0 radical (unpaired) electrons. The van der Waals surface area contributed by atoms with Crippen molar-refractivity contribution in [1.82, 2.24) is 15.1 Å². The van der Waals surface area contributed by atoms with E-state index in [-0.39, 0.29) is 11.9 Å². The molecule has 6 nitrogen and oxygen atoms in total. The van der Waals surface area contributed by atoms with Crippen LogP contribution in [-0.4, -0.2) is 28.9 Å². The van der Waals surface area contributed by atoms with Crippen LogP contribution in [0.1, 0.15) is 35.4 Å². The first-order valence-corrected chi connectivity index (χ1v) is 7.38. The van der Waals surface area contributed by atoms with E-state index in [1.165, 1.54) is 0 Å². The molecular formula is C16H19N3O3. The zero-order valence-corrected chi connectivity index (χ0v) is 12.7. The molecule has 3 rings (SSSR count). The smallest absolute Gasteiger partial charge is 0.255 e. The van der Waals surface area contributed by atoms with Crippen molar-refractivity contribution in [2.75, 3.05) is 13.2 Å². The number of aromatic nitrogens is 2. The number of fused-ring (bicyclic) bond motifs is 1. The van der Waals surface area contributed by atoms with Crippen molar-refractivity contribution < 1.29 is 14.3 Å². The average Bonchev–Trinajstić information content (AvgIpc) is 2.97. The van der Waals surface area contributed by atoms with Crippen LogP contribution in [0.25, 0.3) is 0 Å². The van der Waals surface area contributed by atoms with Gasteiger partial charge in [-0.05, 0) is 24.6 Å². The summed E-state index contributed by atoms with van der Waals surface area (Å²) in [5, 5.41) is 7.20. The Morgan fingerprint density at radius 1 is 1.36 bits per heavy atom. The van der Waals surface area contributed by atoms with Gasteiger partial charge >= 0.3 is 0 Å². The summed E-state index contributed by atoms with van der Waals surface area (Å²) in [6.45, 7) is 2.99. The lowest BCUT2D eigenvalue weighted by molar-refractivity contribution is 0.0923. The molecule has 1 atom stereocenters. The van der Waals surface area contributed by atoms with E-state index in [0.29, 0.717) is 30.3 Å². The van der Waals surface area contributed by atoms with Crippen LogP contribution in [0.3, 0.4) is 0 Å². The van der Waals surface area contributed by atoms with Crippen LogP contribution >= 0.6 is 0 Å². The fourth-order valence-corrected chi connectivity index (χ4v) is 2.60. The van der Waals surface area contributed by atoms with Gasteiger partial charge in [0, 0.05) is 13.2 Å². The third-order valence-electron chi connectivity index (χ3n) is 3.74. The molecule has 1 aliphatic rings. The van der Waals surface area contributed by atoms with Gasteiger partial charge in [0.15, 0.2) is 11.5 Å². The van der Waals surface area contributed by atoms with E-state index >= 15 is 0 Å². The van der Waals surface area contributed by atoms with Crippen LogP contribution in [0.15, 0.2) is 30.5 Å². The summed E-state index contributed by atoms with van der Waals surface area (Å²) in [7, 11) is 1.87. The molecule has 1 aliphatic heterocycles. The van der Waals surface area contributed by atoms with Gasteiger partial charge in [-0.15, -0.1) is 0 Å². The normalized spacial score (nSPS) is 14.5. The van der Waals surface area contributed by atoms with Crippen molar-refractivity contribution in [2.24, 2.45) is 7.05 Å². The number of nitrogens with one attached hydrogen (secondary N) is 1. The molecule has 1 N–H and O–H groups in total. The Labute approximate surface area is 129 Å². The second-order valence-electron chi connectivity index (χ2n) is 5.14. The second-order valence-corrected chi connectivity index (χ2v) is 5.14. The summed E-state index contributed by atoms with van der Waals surface area (Å²) in [5.41, 5.74) is 1.47. The van der Waals surface area contributed by atoms with Crippen molar-refractivity contribution in [3.8, 4) is 11.5 Å². The van der Waals surface area contributed by atoms with Crippen molar-refractivity contribution >= 4 is 5.91 Å². The minimum Gasteiger partial charge on any atom is -0.486 e. The summed E-state index contributed by atoms with van der Waals surface area (Å²) in [6, 6.07) is 7.17. The minimum absolute atomic E-state index is 0.0969. The van der Waals surface area contributed by atoms with Crippen LogP contribution in [0.5, 0.6) is 11.5 Å². The molecular weight excluding hydrogens is 282 g/mol. The first-order valence-electron chi connectivity index (χ1n) is 7.38. The number of benzene rings is 1. The molecule has 2 heterocycles. The molecule has 0 bridgehead atoms. The molecule has 1 aromatic carbocycles. The zero-order valence-electron chi connectivity index (χ0n) is 12.7. The van der Waals surface area contributed by atoms with Gasteiger partial charge in [0.1, 0.15) is 13.2 Å². The predicted octanol–water partition coefficient (Wildman–Crippen LogP) is 2.07. The quantitative estimate of drug-likeness (QED) is 0.939. The van der Waals surface area contributed by atoms with E-state index in [0.717, 1.165) is 12.1 Å². The first kappa shape index (κ1) is 14.4. The maximum atomic E-state index is 12.6. The molecule has 6 heteroatoms. The number of para-hydroxylation sites is 1. The van der Waals surface area contributed by atoms with Crippen molar-refractivity contribution in [1.29, 1.82) is 0 Å². The molecule has 116 valence electrons. The van der Waals surface area contributed by atoms with Crippen LogP contribution in [0, 0.1) is 0 Å². The number of carbonyl (C=O) groups excluding carboxylic acids is 1. The number of hydrogen-bond acceptors (Lipinski definition) is 4. The maximum Gasteiger partial charge on any atom is 0.255 e. The highest BCUT2D eigenvalue weighted by atomic mass is 16.6. The fourth-order valence-electron chi connectivity index (χ4n) is 2.60. The van der Waals surface area contributed by atoms with Crippen molar-refractivity contribution in [2.45, 2.75) is 19.4 Å². The van der Waals surface area contributed by atoms with Gasteiger partial charge in [0.05, 0.1) is 17.3 Å². The lowest BCUT2D eigenvalue weighted by atomic mass is 10.1.